The van der Waals surface area contributed by atoms with Crippen LogP contribution in [0.1, 0.15) is 82.4 Å². The zero-order chi connectivity index (χ0) is 25.0. The number of carbonyl (C=O) groups is 2. The number of fused-ring (bicyclic) bond motifs is 2. The number of H-pyrrole nitrogens is 1. The molecular weight excluding hydrogens is 442 g/mol. The number of aryl methyl sites for hydroxylation is 2. The third kappa shape index (κ3) is 4.55. The Morgan fingerprint density at radius 3 is 1.94 bits per heavy atom. The number of amides is 2. The summed E-state index contributed by atoms with van der Waals surface area (Å²) in [5, 5.41) is 21.2. The van der Waals surface area contributed by atoms with Gasteiger partial charge >= 0.3 is 0 Å². The van der Waals surface area contributed by atoms with Gasteiger partial charge in [0.25, 0.3) is 11.8 Å². The first-order valence-electron chi connectivity index (χ1n) is 12.3. The molecule has 4 rings (SSSR count). The second-order valence-corrected chi connectivity index (χ2v) is 8.98. The lowest BCUT2D eigenvalue weighted by molar-refractivity contribution is 0.0947. The van der Waals surface area contributed by atoms with Crippen LogP contribution in [0.25, 0.3) is 0 Å². The van der Waals surface area contributed by atoms with E-state index in [9.17, 15) is 9.59 Å². The standard InChI is InChI=1S/C26H33N7O2/c1-4-20(27)15-26(25-30-32-33-31-25)21-11-9-18(23(34)28-5-2)13-16(21)7-8-17-14-19(10-12-22(17)26)24(35)29-6-3/h9-14,20H,4-8,15,27H2,1-3H3,(H,28,34)(H,29,35)(H,30,31,32,33)/t20-/m0/s1. The van der Waals surface area contributed by atoms with Crippen LogP contribution < -0.4 is 16.4 Å². The van der Waals surface area contributed by atoms with Crippen molar-refractivity contribution in [3.05, 3.63) is 75.6 Å². The van der Waals surface area contributed by atoms with Gasteiger partial charge in [-0.25, -0.2) is 0 Å². The molecule has 5 N–H and O–H groups in total. The molecule has 1 heterocycles. The zero-order valence-electron chi connectivity index (χ0n) is 20.5. The van der Waals surface area contributed by atoms with Gasteiger partial charge in [-0.05, 0) is 86.1 Å². The number of nitrogens with zero attached hydrogens (tertiary/aromatic N) is 3. The highest BCUT2D eigenvalue weighted by Gasteiger charge is 2.45. The fourth-order valence-electron chi connectivity index (χ4n) is 5.09. The van der Waals surface area contributed by atoms with Gasteiger partial charge in [0.05, 0.1) is 5.41 Å². The second-order valence-electron chi connectivity index (χ2n) is 8.98. The Balaban J connectivity index is 1.97. The average Bonchev–Trinajstić information content (AvgIpc) is 3.37. The molecule has 0 spiro atoms. The normalized spacial score (nSPS) is 14.9. The third-order valence-corrected chi connectivity index (χ3v) is 6.81. The molecule has 0 saturated carbocycles. The van der Waals surface area contributed by atoms with E-state index >= 15 is 0 Å². The van der Waals surface area contributed by atoms with E-state index in [1.165, 1.54) is 0 Å². The lowest BCUT2D eigenvalue weighted by Crippen LogP contribution is -2.39. The van der Waals surface area contributed by atoms with E-state index < -0.39 is 5.41 Å². The van der Waals surface area contributed by atoms with Crippen LogP contribution >= 0.6 is 0 Å². The van der Waals surface area contributed by atoms with Crippen LogP contribution in [0, 0.1) is 0 Å². The van der Waals surface area contributed by atoms with Crippen LogP contribution in [0.4, 0.5) is 0 Å². The minimum absolute atomic E-state index is 0.106. The van der Waals surface area contributed by atoms with Crippen molar-refractivity contribution < 1.29 is 9.59 Å². The van der Waals surface area contributed by atoms with E-state index in [0.29, 0.717) is 49.3 Å². The van der Waals surface area contributed by atoms with Gasteiger partial charge in [-0.3, -0.25) is 9.59 Å². The molecule has 0 radical (unpaired) electrons. The quantitative estimate of drug-likeness (QED) is 0.394. The van der Waals surface area contributed by atoms with Gasteiger partial charge in [0.1, 0.15) is 0 Å². The van der Waals surface area contributed by atoms with E-state index in [4.69, 9.17) is 5.73 Å². The first-order chi connectivity index (χ1) is 16.9. The van der Waals surface area contributed by atoms with Gasteiger partial charge in [0.15, 0.2) is 5.82 Å². The summed E-state index contributed by atoms with van der Waals surface area (Å²) < 4.78 is 0. The van der Waals surface area contributed by atoms with Gasteiger partial charge in [0, 0.05) is 30.3 Å². The van der Waals surface area contributed by atoms with Crippen LogP contribution in [0.3, 0.4) is 0 Å². The molecule has 1 atom stereocenters. The van der Waals surface area contributed by atoms with Crippen molar-refractivity contribution in [2.24, 2.45) is 5.73 Å². The summed E-state index contributed by atoms with van der Waals surface area (Å²) in [7, 11) is 0. The van der Waals surface area contributed by atoms with E-state index in [2.05, 4.69) is 38.2 Å². The predicted molar refractivity (Wildman–Crippen MR) is 133 cm³/mol. The first-order valence-corrected chi connectivity index (χ1v) is 12.3. The third-order valence-electron chi connectivity index (χ3n) is 6.81. The zero-order valence-corrected chi connectivity index (χ0v) is 20.5. The monoisotopic (exact) mass is 475 g/mol. The number of nitrogens with two attached hydrogens (primary N) is 1. The van der Waals surface area contributed by atoms with E-state index in [1.54, 1.807) is 0 Å². The van der Waals surface area contributed by atoms with Crippen LogP contribution in [0.5, 0.6) is 0 Å². The largest absolute Gasteiger partial charge is 0.352 e. The Morgan fingerprint density at radius 1 is 0.971 bits per heavy atom. The molecule has 184 valence electrons. The lowest BCUT2D eigenvalue weighted by atomic mass is 9.67. The molecule has 1 aromatic heterocycles. The van der Waals surface area contributed by atoms with Gasteiger partial charge in [0.2, 0.25) is 0 Å². The molecule has 0 saturated heterocycles. The van der Waals surface area contributed by atoms with Gasteiger partial charge < -0.3 is 16.4 Å². The summed E-state index contributed by atoms with van der Waals surface area (Å²) in [5.74, 6) is 0.319. The Kier molecular flexibility index (Phi) is 7.25. The van der Waals surface area contributed by atoms with Crippen LogP contribution in [-0.2, 0) is 18.3 Å². The maximum absolute atomic E-state index is 12.6. The average molecular weight is 476 g/mol. The Bertz CT molecular complexity index is 1140. The van der Waals surface area contributed by atoms with Crippen molar-refractivity contribution >= 4 is 11.8 Å². The Labute approximate surface area is 205 Å². The van der Waals surface area contributed by atoms with Crippen molar-refractivity contribution in [1.29, 1.82) is 0 Å². The lowest BCUT2D eigenvalue weighted by Gasteiger charge is -2.36. The molecule has 1 aliphatic rings. The number of tetrazole rings is 1. The number of aromatic amines is 1. The molecule has 2 amide bonds. The molecule has 9 heteroatoms. The highest BCUT2D eigenvalue weighted by atomic mass is 16.2. The SMILES string of the molecule is CCNC(=O)c1ccc2c(c1)CCc1cc(C(=O)NCC)ccc1C2(C[C@@H](N)CC)c1nn[nH]n1. The van der Waals surface area contributed by atoms with Gasteiger partial charge in [-0.15, -0.1) is 10.2 Å². The minimum atomic E-state index is -0.775. The van der Waals surface area contributed by atoms with Crippen molar-refractivity contribution in [3.63, 3.8) is 0 Å². The molecule has 0 fully saturated rings. The summed E-state index contributed by atoms with van der Waals surface area (Å²) in [6, 6.07) is 11.5. The number of nitrogens with one attached hydrogen (secondary N) is 3. The molecule has 35 heavy (non-hydrogen) atoms. The highest BCUT2D eigenvalue weighted by molar-refractivity contribution is 5.95. The van der Waals surface area contributed by atoms with Crippen molar-refractivity contribution in [3.8, 4) is 0 Å². The number of carbonyl (C=O) groups excluding carboxylic acids is 2. The molecule has 1 aliphatic carbocycles. The topological polar surface area (TPSA) is 139 Å². The second kappa shape index (κ2) is 10.4. The maximum Gasteiger partial charge on any atom is 0.251 e. The first kappa shape index (κ1) is 24.5. The van der Waals surface area contributed by atoms with Crippen LogP contribution in [-0.4, -0.2) is 51.6 Å². The van der Waals surface area contributed by atoms with Crippen molar-refractivity contribution in [2.45, 2.75) is 57.9 Å². The van der Waals surface area contributed by atoms with E-state index in [-0.39, 0.29) is 17.9 Å². The number of hydrogen-bond donors (Lipinski definition) is 4. The summed E-state index contributed by atoms with van der Waals surface area (Å²) >= 11 is 0. The maximum atomic E-state index is 12.6. The highest BCUT2D eigenvalue weighted by Crippen LogP contribution is 2.46. The van der Waals surface area contributed by atoms with E-state index in [0.717, 1.165) is 28.7 Å². The summed E-state index contributed by atoms with van der Waals surface area (Å²) in [5.41, 5.74) is 11.1. The number of rotatable bonds is 8. The number of benzene rings is 2. The molecule has 0 unspecified atom stereocenters. The van der Waals surface area contributed by atoms with E-state index in [1.807, 2.05) is 50.2 Å². The van der Waals surface area contributed by atoms with Crippen molar-refractivity contribution in [1.82, 2.24) is 31.3 Å². The van der Waals surface area contributed by atoms with Gasteiger partial charge in [-0.2, -0.15) is 5.21 Å². The smallest absolute Gasteiger partial charge is 0.251 e. The number of aromatic nitrogens is 4. The Hall–Kier alpha value is -3.59. The van der Waals surface area contributed by atoms with Crippen molar-refractivity contribution in [2.75, 3.05) is 13.1 Å². The molecular formula is C26H33N7O2. The fraction of sp³-hybridized carbons (Fsp3) is 0.423. The van der Waals surface area contributed by atoms with Crippen LogP contribution in [0.15, 0.2) is 36.4 Å². The van der Waals surface area contributed by atoms with Gasteiger partial charge in [-0.1, -0.05) is 24.3 Å². The number of hydrogen-bond acceptors (Lipinski definition) is 6. The molecule has 9 nitrogen and oxygen atoms in total. The van der Waals surface area contributed by atoms with Crippen LogP contribution in [0.2, 0.25) is 0 Å². The minimum Gasteiger partial charge on any atom is -0.352 e. The summed E-state index contributed by atoms with van der Waals surface area (Å²) in [6.07, 6.45) is 2.74. The predicted octanol–water partition coefficient (Wildman–Crippen LogP) is 2.26. The summed E-state index contributed by atoms with van der Waals surface area (Å²) in [6.45, 7) is 6.98. The fourth-order valence-corrected chi connectivity index (χ4v) is 5.09. The molecule has 2 aromatic carbocycles. The summed E-state index contributed by atoms with van der Waals surface area (Å²) in [4.78, 5) is 25.2. The molecule has 0 bridgehead atoms. The Morgan fingerprint density at radius 2 is 1.51 bits per heavy atom. The molecule has 0 aliphatic heterocycles. The molecule has 3 aromatic rings.